The molecule has 0 aromatic heterocycles. The molecule has 2 heterocycles. The number of carbonyl (C=O) groups is 1. The number of halogens is 1. The van der Waals surface area contributed by atoms with Crippen molar-refractivity contribution in [1.29, 1.82) is 0 Å². The molecule has 0 radical (unpaired) electrons. The molecule has 6 nitrogen and oxygen atoms in total. The summed E-state index contributed by atoms with van der Waals surface area (Å²) in [5, 5.41) is 7.00. The Labute approximate surface area is 197 Å². The van der Waals surface area contributed by atoms with Crippen LogP contribution in [0, 0.1) is 5.92 Å². The van der Waals surface area contributed by atoms with E-state index in [0.29, 0.717) is 11.9 Å². The molecule has 2 N–H and O–H groups in total. The second kappa shape index (κ2) is 12.6. The van der Waals surface area contributed by atoms with Crippen molar-refractivity contribution in [1.82, 2.24) is 15.5 Å². The molecular weight excluding hydrogens is 499 g/mol. The molecule has 0 bridgehead atoms. The molecule has 2 saturated heterocycles. The van der Waals surface area contributed by atoms with Crippen molar-refractivity contribution in [3.8, 4) is 0 Å². The van der Waals surface area contributed by atoms with E-state index in [2.05, 4.69) is 29.4 Å². The summed E-state index contributed by atoms with van der Waals surface area (Å²) in [6.45, 7) is 9.36. The molecular formula is C21H39IN4O2S. The number of carbonyl (C=O) groups excluding carboxylic acids is 1. The predicted molar refractivity (Wildman–Crippen MR) is 132 cm³/mol. The highest BCUT2D eigenvalue weighted by Gasteiger charge is 2.34. The molecule has 0 aromatic carbocycles. The highest BCUT2D eigenvalue weighted by molar-refractivity contribution is 14.0. The zero-order chi connectivity index (χ0) is 19.8. The summed E-state index contributed by atoms with van der Waals surface area (Å²) >= 11 is 2.03. The number of likely N-dealkylation sites (tertiary alicyclic amines) is 1. The third-order valence-electron chi connectivity index (χ3n) is 6.27. The van der Waals surface area contributed by atoms with Gasteiger partial charge in [0.15, 0.2) is 5.96 Å². The minimum absolute atomic E-state index is 0. The van der Waals surface area contributed by atoms with Gasteiger partial charge in [-0.25, -0.2) is 0 Å². The molecule has 3 fully saturated rings. The summed E-state index contributed by atoms with van der Waals surface area (Å²) in [6, 6.07) is 0.299. The number of hydrogen-bond acceptors (Lipinski definition) is 4. The fraction of sp³-hybridized carbons (Fsp3) is 0.905. The third-order valence-corrected chi connectivity index (χ3v) is 7.71. The standard InChI is InChI=1S/C21H38N4O2S.HI/c1-3-22-20(23-16-21(28-4-2)10-13-27-14-11-21)24-18-9-12-25(15-18)19(26)17-7-5-6-8-17;/h17-18H,3-16H2,1-2H3,(H2,22,23,24);1H. The van der Waals surface area contributed by atoms with Gasteiger partial charge in [0.25, 0.3) is 0 Å². The van der Waals surface area contributed by atoms with Crippen molar-refractivity contribution in [2.45, 2.75) is 69.6 Å². The number of ether oxygens (including phenoxy) is 1. The summed E-state index contributed by atoms with van der Waals surface area (Å²) in [6.07, 6.45) is 7.74. The molecule has 3 aliphatic rings. The van der Waals surface area contributed by atoms with E-state index in [1.54, 1.807) is 0 Å². The molecule has 1 aliphatic carbocycles. The van der Waals surface area contributed by atoms with Gasteiger partial charge in [0.05, 0.1) is 6.54 Å². The van der Waals surface area contributed by atoms with Crippen LogP contribution in [0.5, 0.6) is 0 Å². The van der Waals surface area contributed by atoms with Crippen LogP contribution >= 0.6 is 35.7 Å². The smallest absolute Gasteiger partial charge is 0.225 e. The first-order chi connectivity index (χ1) is 13.7. The van der Waals surface area contributed by atoms with Gasteiger partial charge in [0, 0.05) is 49.6 Å². The van der Waals surface area contributed by atoms with Crippen molar-refractivity contribution < 1.29 is 9.53 Å². The molecule has 168 valence electrons. The Hall–Kier alpha value is -0.220. The second-order valence-corrected chi connectivity index (χ2v) is 10.1. The lowest BCUT2D eigenvalue weighted by atomic mass is 9.99. The van der Waals surface area contributed by atoms with Crippen molar-refractivity contribution in [2.24, 2.45) is 10.9 Å². The largest absolute Gasteiger partial charge is 0.381 e. The van der Waals surface area contributed by atoms with Gasteiger partial charge in [0.2, 0.25) is 5.91 Å². The number of nitrogens with zero attached hydrogens (tertiary/aromatic N) is 2. The molecule has 29 heavy (non-hydrogen) atoms. The predicted octanol–water partition coefficient (Wildman–Crippen LogP) is 3.25. The summed E-state index contributed by atoms with van der Waals surface area (Å²) in [5.74, 6) is 2.66. The van der Waals surface area contributed by atoms with Crippen molar-refractivity contribution >= 4 is 47.6 Å². The zero-order valence-corrected chi connectivity index (χ0v) is 21.2. The van der Waals surface area contributed by atoms with E-state index < -0.39 is 0 Å². The SMILES string of the molecule is CCNC(=NCC1(SCC)CCOCC1)NC1CCN(C(=O)C2CCCC2)C1.I. The Morgan fingerprint density at radius 3 is 2.59 bits per heavy atom. The first-order valence-corrected chi connectivity index (χ1v) is 12.2. The van der Waals surface area contributed by atoms with Crippen molar-refractivity contribution in [3.05, 3.63) is 0 Å². The minimum atomic E-state index is 0. The topological polar surface area (TPSA) is 66.0 Å². The van der Waals surface area contributed by atoms with Gasteiger partial charge in [-0.05, 0) is 44.8 Å². The first kappa shape index (κ1) is 25.0. The Balaban J connectivity index is 0.00000300. The van der Waals surface area contributed by atoms with Gasteiger partial charge in [0.1, 0.15) is 0 Å². The Kier molecular flexibility index (Phi) is 10.9. The van der Waals surface area contributed by atoms with E-state index in [-0.39, 0.29) is 34.6 Å². The summed E-state index contributed by atoms with van der Waals surface area (Å²) in [5.41, 5.74) is 0. The lowest BCUT2D eigenvalue weighted by molar-refractivity contribution is -0.134. The summed E-state index contributed by atoms with van der Waals surface area (Å²) in [4.78, 5) is 19.7. The Bertz CT molecular complexity index is 531. The number of hydrogen-bond donors (Lipinski definition) is 2. The highest BCUT2D eigenvalue weighted by Crippen LogP contribution is 2.35. The van der Waals surface area contributed by atoms with Crippen LogP contribution in [0.4, 0.5) is 0 Å². The van der Waals surface area contributed by atoms with Gasteiger partial charge >= 0.3 is 0 Å². The van der Waals surface area contributed by atoms with Crippen LogP contribution in [0.15, 0.2) is 4.99 Å². The van der Waals surface area contributed by atoms with Gasteiger partial charge in [-0.3, -0.25) is 9.79 Å². The zero-order valence-electron chi connectivity index (χ0n) is 18.1. The number of amides is 1. The molecule has 1 amide bonds. The number of aliphatic imine (C=N–C) groups is 1. The number of guanidine groups is 1. The molecule has 0 aromatic rings. The van der Waals surface area contributed by atoms with Crippen LogP contribution in [0.25, 0.3) is 0 Å². The van der Waals surface area contributed by atoms with Crippen molar-refractivity contribution in [3.63, 3.8) is 0 Å². The molecule has 0 spiro atoms. The van der Waals surface area contributed by atoms with Crippen LogP contribution in [-0.2, 0) is 9.53 Å². The van der Waals surface area contributed by atoms with Crippen LogP contribution < -0.4 is 10.6 Å². The fourth-order valence-corrected chi connectivity index (χ4v) is 5.87. The number of rotatable bonds is 7. The average Bonchev–Trinajstić information content (AvgIpc) is 3.39. The van der Waals surface area contributed by atoms with E-state index >= 15 is 0 Å². The van der Waals surface area contributed by atoms with Crippen molar-refractivity contribution in [2.75, 3.05) is 45.1 Å². The normalized spacial score (nSPS) is 25.0. The first-order valence-electron chi connectivity index (χ1n) is 11.2. The number of nitrogens with one attached hydrogen (secondary N) is 2. The third kappa shape index (κ3) is 7.16. The molecule has 3 rings (SSSR count). The van der Waals surface area contributed by atoms with Gasteiger partial charge < -0.3 is 20.3 Å². The maximum Gasteiger partial charge on any atom is 0.225 e. The van der Waals surface area contributed by atoms with Crippen LogP contribution in [0.3, 0.4) is 0 Å². The lowest BCUT2D eigenvalue weighted by Gasteiger charge is -2.35. The van der Waals surface area contributed by atoms with E-state index in [1.165, 1.54) is 12.8 Å². The maximum absolute atomic E-state index is 12.7. The quantitative estimate of drug-likeness (QED) is 0.296. The molecule has 1 unspecified atom stereocenters. The van der Waals surface area contributed by atoms with E-state index in [9.17, 15) is 4.79 Å². The second-order valence-electron chi connectivity index (χ2n) is 8.32. The van der Waals surface area contributed by atoms with E-state index in [0.717, 1.165) is 83.2 Å². The van der Waals surface area contributed by atoms with Crippen LogP contribution in [0.1, 0.15) is 58.8 Å². The van der Waals surface area contributed by atoms with E-state index in [1.807, 2.05) is 11.8 Å². The highest BCUT2D eigenvalue weighted by atomic mass is 127. The number of thioether (sulfide) groups is 1. The molecule has 8 heteroatoms. The summed E-state index contributed by atoms with van der Waals surface area (Å²) in [7, 11) is 0. The van der Waals surface area contributed by atoms with E-state index in [4.69, 9.17) is 9.73 Å². The van der Waals surface area contributed by atoms with Crippen LogP contribution in [-0.4, -0.2) is 72.7 Å². The van der Waals surface area contributed by atoms with Gasteiger partial charge in [-0.1, -0.05) is 19.8 Å². The van der Waals surface area contributed by atoms with Gasteiger partial charge in [-0.15, -0.1) is 24.0 Å². The monoisotopic (exact) mass is 538 g/mol. The molecule has 2 aliphatic heterocycles. The lowest BCUT2D eigenvalue weighted by Crippen LogP contribution is -2.46. The Morgan fingerprint density at radius 2 is 1.93 bits per heavy atom. The summed E-state index contributed by atoms with van der Waals surface area (Å²) < 4.78 is 5.78. The van der Waals surface area contributed by atoms with Crippen LogP contribution in [0.2, 0.25) is 0 Å². The maximum atomic E-state index is 12.7. The van der Waals surface area contributed by atoms with Gasteiger partial charge in [-0.2, -0.15) is 11.8 Å². The molecule has 1 atom stereocenters. The average molecular weight is 539 g/mol. The molecule has 1 saturated carbocycles. The fourth-order valence-electron chi connectivity index (χ4n) is 4.64. The minimum Gasteiger partial charge on any atom is -0.381 e. The Morgan fingerprint density at radius 1 is 1.21 bits per heavy atom.